The van der Waals surface area contributed by atoms with Crippen molar-refractivity contribution in [2.45, 2.75) is 0 Å². The van der Waals surface area contributed by atoms with E-state index in [1.165, 1.54) is 4.57 Å². The molecule has 0 bridgehead atoms. The standard InChI is InChI=1S/C21H16N2O2/c1-23-20(16-9-5-6-10-19(16)24)22-18-12-11-15(13-17(18)21(23)25)14-7-3-2-4-8-14/h2-13,24H,1H3. The van der Waals surface area contributed by atoms with Crippen molar-refractivity contribution in [3.05, 3.63) is 83.2 Å². The Morgan fingerprint density at radius 2 is 1.60 bits per heavy atom. The second kappa shape index (κ2) is 5.91. The lowest BCUT2D eigenvalue weighted by Gasteiger charge is -2.11. The van der Waals surface area contributed by atoms with Crippen LogP contribution in [0.1, 0.15) is 0 Å². The van der Waals surface area contributed by atoms with Crippen LogP contribution >= 0.6 is 0 Å². The first-order valence-corrected chi connectivity index (χ1v) is 8.00. The molecule has 25 heavy (non-hydrogen) atoms. The fourth-order valence-electron chi connectivity index (χ4n) is 2.98. The van der Waals surface area contributed by atoms with Gasteiger partial charge in [-0.25, -0.2) is 4.98 Å². The van der Waals surface area contributed by atoms with Crippen molar-refractivity contribution in [1.82, 2.24) is 9.55 Å². The van der Waals surface area contributed by atoms with E-state index in [1.54, 1.807) is 25.2 Å². The molecular formula is C21H16N2O2. The van der Waals surface area contributed by atoms with Crippen molar-refractivity contribution < 1.29 is 5.11 Å². The molecule has 0 aliphatic carbocycles. The molecule has 0 radical (unpaired) electrons. The second-order valence-corrected chi connectivity index (χ2v) is 5.91. The van der Waals surface area contributed by atoms with E-state index in [1.807, 2.05) is 54.6 Å². The van der Waals surface area contributed by atoms with Gasteiger partial charge in [0.1, 0.15) is 11.6 Å². The lowest BCUT2D eigenvalue weighted by molar-refractivity contribution is 0.476. The fraction of sp³-hybridized carbons (Fsp3) is 0.0476. The van der Waals surface area contributed by atoms with E-state index >= 15 is 0 Å². The van der Waals surface area contributed by atoms with Crippen LogP contribution in [-0.2, 0) is 7.05 Å². The summed E-state index contributed by atoms with van der Waals surface area (Å²) < 4.78 is 1.48. The number of nitrogens with zero attached hydrogens (tertiary/aromatic N) is 2. The molecule has 3 aromatic carbocycles. The van der Waals surface area contributed by atoms with Gasteiger partial charge in [-0.2, -0.15) is 0 Å². The summed E-state index contributed by atoms with van der Waals surface area (Å²) in [5.74, 6) is 0.549. The quantitative estimate of drug-likeness (QED) is 0.606. The molecule has 0 atom stereocenters. The average Bonchev–Trinajstić information content (AvgIpc) is 2.66. The lowest BCUT2D eigenvalue weighted by Crippen LogP contribution is -2.20. The highest BCUT2D eigenvalue weighted by Gasteiger charge is 2.13. The number of para-hydroxylation sites is 1. The molecule has 0 aliphatic heterocycles. The molecule has 4 rings (SSSR count). The van der Waals surface area contributed by atoms with E-state index in [4.69, 9.17) is 0 Å². The molecule has 122 valence electrons. The molecule has 4 nitrogen and oxygen atoms in total. The van der Waals surface area contributed by atoms with Gasteiger partial charge in [0.25, 0.3) is 5.56 Å². The maximum Gasteiger partial charge on any atom is 0.261 e. The number of rotatable bonds is 2. The Hall–Kier alpha value is -3.40. The van der Waals surface area contributed by atoms with E-state index in [-0.39, 0.29) is 11.3 Å². The Balaban J connectivity index is 1.96. The van der Waals surface area contributed by atoms with Crippen molar-refractivity contribution >= 4 is 10.9 Å². The highest BCUT2D eigenvalue weighted by molar-refractivity contribution is 5.85. The molecule has 4 aromatic rings. The maximum absolute atomic E-state index is 12.9. The summed E-state index contributed by atoms with van der Waals surface area (Å²) in [6, 6.07) is 22.5. The van der Waals surface area contributed by atoms with Crippen molar-refractivity contribution in [2.75, 3.05) is 0 Å². The van der Waals surface area contributed by atoms with Gasteiger partial charge in [0.2, 0.25) is 0 Å². The third kappa shape index (κ3) is 2.58. The van der Waals surface area contributed by atoms with Gasteiger partial charge >= 0.3 is 0 Å². The lowest BCUT2D eigenvalue weighted by atomic mass is 10.0. The molecule has 4 heteroatoms. The zero-order valence-electron chi connectivity index (χ0n) is 13.7. The molecule has 0 aliphatic rings. The highest BCUT2D eigenvalue weighted by Crippen LogP contribution is 2.28. The minimum Gasteiger partial charge on any atom is -0.507 e. The third-order valence-corrected chi connectivity index (χ3v) is 4.33. The Bertz CT molecular complexity index is 1130. The fourth-order valence-corrected chi connectivity index (χ4v) is 2.98. The van der Waals surface area contributed by atoms with Gasteiger partial charge in [-0.1, -0.05) is 48.5 Å². The first-order chi connectivity index (χ1) is 12.1. The zero-order chi connectivity index (χ0) is 17.4. The van der Waals surface area contributed by atoms with Gasteiger partial charge < -0.3 is 5.11 Å². The van der Waals surface area contributed by atoms with E-state index in [9.17, 15) is 9.90 Å². The predicted octanol–water partition coefficient (Wildman–Crippen LogP) is 3.97. The summed E-state index contributed by atoms with van der Waals surface area (Å²) in [6.07, 6.45) is 0. The second-order valence-electron chi connectivity index (χ2n) is 5.91. The molecule has 0 amide bonds. The molecule has 0 saturated heterocycles. The van der Waals surface area contributed by atoms with Gasteiger partial charge in [-0.15, -0.1) is 0 Å². The van der Waals surface area contributed by atoms with Crippen LogP contribution in [0.3, 0.4) is 0 Å². The van der Waals surface area contributed by atoms with Crippen LogP contribution in [-0.4, -0.2) is 14.7 Å². The zero-order valence-corrected chi connectivity index (χ0v) is 13.7. The SMILES string of the molecule is Cn1c(-c2ccccc2O)nc2ccc(-c3ccccc3)cc2c1=O. The highest BCUT2D eigenvalue weighted by atomic mass is 16.3. The van der Waals surface area contributed by atoms with Crippen molar-refractivity contribution in [2.24, 2.45) is 7.05 Å². The Morgan fingerprint density at radius 3 is 2.36 bits per heavy atom. The van der Waals surface area contributed by atoms with Gasteiger partial charge in [-0.3, -0.25) is 9.36 Å². The van der Waals surface area contributed by atoms with Crippen LogP contribution in [0, 0.1) is 0 Å². The molecule has 0 saturated carbocycles. The summed E-state index contributed by atoms with van der Waals surface area (Å²) in [7, 11) is 1.67. The van der Waals surface area contributed by atoms with E-state index in [2.05, 4.69) is 4.98 Å². The van der Waals surface area contributed by atoms with Crippen molar-refractivity contribution in [3.8, 4) is 28.3 Å². The van der Waals surface area contributed by atoms with E-state index in [0.29, 0.717) is 22.3 Å². The largest absolute Gasteiger partial charge is 0.507 e. The minimum atomic E-state index is -0.138. The number of benzene rings is 3. The number of aromatic hydroxyl groups is 1. The normalized spacial score (nSPS) is 10.9. The molecular weight excluding hydrogens is 312 g/mol. The number of aromatic nitrogens is 2. The number of fused-ring (bicyclic) bond motifs is 1. The number of phenolic OH excluding ortho intramolecular Hbond substituents is 1. The molecule has 1 heterocycles. The summed E-state index contributed by atoms with van der Waals surface area (Å²) in [6.45, 7) is 0. The molecule has 1 aromatic heterocycles. The first-order valence-electron chi connectivity index (χ1n) is 8.00. The minimum absolute atomic E-state index is 0.102. The summed E-state index contributed by atoms with van der Waals surface area (Å²) >= 11 is 0. The topological polar surface area (TPSA) is 55.1 Å². The first kappa shape index (κ1) is 15.1. The van der Waals surface area contributed by atoms with E-state index < -0.39 is 0 Å². The predicted molar refractivity (Wildman–Crippen MR) is 99.5 cm³/mol. The van der Waals surface area contributed by atoms with Crippen LogP contribution < -0.4 is 5.56 Å². The van der Waals surface area contributed by atoms with Crippen molar-refractivity contribution in [1.29, 1.82) is 0 Å². The number of hydrogen-bond donors (Lipinski definition) is 1. The molecule has 1 N–H and O–H groups in total. The third-order valence-electron chi connectivity index (χ3n) is 4.33. The Labute approximate surface area is 144 Å². The summed E-state index contributed by atoms with van der Waals surface area (Å²) in [5.41, 5.74) is 3.04. The smallest absolute Gasteiger partial charge is 0.261 e. The molecule has 0 fully saturated rings. The van der Waals surface area contributed by atoms with Crippen LogP contribution in [0.25, 0.3) is 33.4 Å². The van der Waals surface area contributed by atoms with Gasteiger partial charge in [0.05, 0.1) is 16.5 Å². The van der Waals surface area contributed by atoms with Crippen LogP contribution in [0.5, 0.6) is 5.75 Å². The van der Waals surface area contributed by atoms with Crippen LogP contribution in [0.2, 0.25) is 0 Å². The van der Waals surface area contributed by atoms with Crippen LogP contribution in [0.4, 0.5) is 0 Å². The Morgan fingerprint density at radius 1 is 0.880 bits per heavy atom. The summed E-state index contributed by atoms with van der Waals surface area (Å²) in [4.78, 5) is 17.5. The average molecular weight is 328 g/mol. The van der Waals surface area contributed by atoms with E-state index in [0.717, 1.165) is 11.1 Å². The van der Waals surface area contributed by atoms with Gasteiger partial charge in [-0.05, 0) is 35.4 Å². The van der Waals surface area contributed by atoms with Crippen LogP contribution in [0.15, 0.2) is 77.6 Å². The monoisotopic (exact) mass is 328 g/mol. The summed E-state index contributed by atoms with van der Waals surface area (Å²) in [5, 5.41) is 10.6. The Kier molecular flexibility index (Phi) is 3.58. The molecule has 0 unspecified atom stereocenters. The van der Waals surface area contributed by atoms with Gasteiger partial charge in [0, 0.05) is 7.05 Å². The molecule has 0 spiro atoms. The van der Waals surface area contributed by atoms with Crippen molar-refractivity contribution in [3.63, 3.8) is 0 Å². The number of phenols is 1. The maximum atomic E-state index is 12.9. The number of hydrogen-bond acceptors (Lipinski definition) is 3. The van der Waals surface area contributed by atoms with Gasteiger partial charge in [0.15, 0.2) is 0 Å².